The molecule has 0 spiro atoms. The normalized spacial score (nSPS) is 15.5. The molecule has 0 saturated carbocycles. The first-order chi connectivity index (χ1) is 7.65. The molecule has 0 aliphatic heterocycles. The van der Waals surface area contributed by atoms with Crippen molar-refractivity contribution in [3.8, 4) is 0 Å². The second-order valence-corrected chi connectivity index (χ2v) is 4.63. The summed E-state index contributed by atoms with van der Waals surface area (Å²) in [6.07, 6.45) is -5.80. The van der Waals surface area contributed by atoms with E-state index in [4.69, 9.17) is 9.84 Å². The molecule has 0 aromatic rings. The molecule has 102 valence electrons. The Morgan fingerprint density at radius 3 is 2.29 bits per heavy atom. The summed E-state index contributed by atoms with van der Waals surface area (Å²) in [4.78, 5) is 11.3. The van der Waals surface area contributed by atoms with Crippen molar-refractivity contribution in [3.63, 3.8) is 0 Å². The number of carbonyl (C=O) groups excluding carboxylic acids is 1. The second-order valence-electron chi connectivity index (χ2n) is 4.63. The highest BCUT2D eigenvalue weighted by atomic mass is 19.3. The molecule has 0 aliphatic carbocycles. The van der Waals surface area contributed by atoms with Gasteiger partial charge in [0.2, 0.25) is 6.43 Å². The van der Waals surface area contributed by atoms with E-state index in [0.717, 1.165) is 0 Å². The Balaban J connectivity index is 4.37. The second kappa shape index (κ2) is 6.70. The molecule has 2 unspecified atom stereocenters. The highest BCUT2D eigenvalue weighted by molar-refractivity contribution is 5.68. The van der Waals surface area contributed by atoms with E-state index in [1.54, 1.807) is 20.8 Å². The fourth-order valence-corrected chi connectivity index (χ4v) is 1.09. The maximum atomic E-state index is 12.2. The number of aliphatic hydroxyl groups excluding tert-OH is 2. The van der Waals surface area contributed by atoms with E-state index in [2.05, 4.69) is 5.32 Å². The predicted octanol–water partition coefficient (Wildman–Crippen LogP) is 0.888. The summed E-state index contributed by atoms with van der Waals surface area (Å²) in [7, 11) is 0. The lowest BCUT2D eigenvalue weighted by molar-refractivity contribution is 0.0163. The fraction of sp³-hybridized carbons (Fsp3) is 0.900. The average molecular weight is 255 g/mol. The van der Waals surface area contributed by atoms with Crippen LogP contribution in [0.15, 0.2) is 0 Å². The third-order valence-corrected chi connectivity index (χ3v) is 1.79. The number of alkyl halides is 2. The zero-order chi connectivity index (χ0) is 13.6. The molecule has 2 atom stereocenters. The van der Waals surface area contributed by atoms with Gasteiger partial charge in [0.05, 0.1) is 18.8 Å². The van der Waals surface area contributed by atoms with Crippen LogP contribution >= 0.6 is 0 Å². The van der Waals surface area contributed by atoms with Crippen LogP contribution in [-0.4, -0.2) is 47.1 Å². The molecule has 0 radical (unpaired) electrons. The molecule has 0 fully saturated rings. The predicted molar refractivity (Wildman–Crippen MR) is 56.9 cm³/mol. The first kappa shape index (κ1) is 16.1. The third-order valence-electron chi connectivity index (χ3n) is 1.79. The Labute approximate surface area is 98.8 Å². The van der Waals surface area contributed by atoms with E-state index in [1.165, 1.54) is 0 Å². The molecule has 0 bridgehead atoms. The largest absolute Gasteiger partial charge is 0.444 e. The molecule has 7 heteroatoms. The van der Waals surface area contributed by atoms with Gasteiger partial charge < -0.3 is 20.3 Å². The van der Waals surface area contributed by atoms with Gasteiger partial charge in [0.25, 0.3) is 0 Å². The number of aliphatic hydroxyl groups is 2. The van der Waals surface area contributed by atoms with Gasteiger partial charge in [-0.05, 0) is 20.8 Å². The van der Waals surface area contributed by atoms with Crippen molar-refractivity contribution in [2.45, 2.75) is 51.4 Å². The number of halogens is 2. The van der Waals surface area contributed by atoms with Crippen LogP contribution < -0.4 is 5.32 Å². The minimum absolute atomic E-state index is 0.715. The lowest BCUT2D eigenvalue weighted by Gasteiger charge is -2.25. The zero-order valence-electron chi connectivity index (χ0n) is 10.1. The van der Waals surface area contributed by atoms with E-state index in [1.807, 2.05) is 0 Å². The van der Waals surface area contributed by atoms with Crippen molar-refractivity contribution in [2.24, 2.45) is 0 Å². The highest BCUT2D eigenvalue weighted by Gasteiger charge is 2.26. The molecule has 17 heavy (non-hydrogen) atoms. The molecule has 0 aromatic carbocycles. The zero-order valence-corrected chi connectivity index (χ0v) is 10.1. The number of hydrogen-bond acceptors (Lipinski definition) is 4. The molecule has 0 aromatic heterocycles. The van der Waals surface area contributed by atoms with E-state index < -0.39 is 43.3 Å². The van der Waals surface area contributed by atoms with Crippen LogP contribution in [0.2, 0.25) is 0 Å². The SMILES string of the molecule is CC(C)(C)OC(=O)NC(CC(F)F)C(O)CO. The standard InChI is InChI=1S/C10H19F2NO4/c1-10(2,3)17-9(16)13-6(4-8(11)12)7(15)5-14/h6-8,14-15H,4-5H2,1-3H3,(H,13,16). The summed E-state index contributed by atoms with van der Waals surface area (Å²) in [5.74, 6) is 0. The van der Waals surface area contributed by atoms with Gasteiger partial charge in [-0.2, -0.15) is 0 Å². The van der Waals surface area contributed by atoms with Gasteiger partial charge in [0.1, 0.15) is 5.60 Å². The maximum Gasteiger partial charge on any atom is 0.407 e. The van der Waals surface area contributed by atoms with Crippen LogP contribution in [0.1, 0.15) is 27.2 Å². The van der Waals surface area contributed by atoms with E-state index in [0.29, 0.717) is 0 Å². The van der Waals surface area contributed by atoms with Crippen LogP contribution in [0.25, 0.3) is 0 Å². The Kier molecular flexibility index (Phi) is 6.33. The highest BCUT2D eigenvalue weighted by Crippen LogP contribution is 2.11. The fourth-order valence-electron chi connectivity index (χ4n) is 1.09. The molecular formula is C10H19F2NO4. The molecule has 0 heterocycles. The summed E-state index contributed by atoms with van der Waals surface area (Å²) >= 11 is 0. The monoisotopic (exact) mass is 255 g/mol. The molecule has 5 nitrogen and oxygen atoms in total. The number of carbonyl (C=O) groups is 1. The van der Waals surface area contributed by atoms with Crippen molar-refractivity contribution >= 4 is 6.09 Å². The van der Waals surface area contributed by atoms with Crippen molar-refractivity contribution in [3.05, 3.63) is 0 Å². The third kappa shape index (κ3) is 7.87. The molecule has 1 amide bonds. The maximum absolute atomic E-state index is 12.2. The minimum atomic E-state index is -2.70. The first-order valence-electron chi connectivity index (χ1n) is 5.22. The van der Waals surface area contributed by atoms with Gasteiger partial charge >= 0.3 is 6.09 Å². The number of rotatable bonds is 5. The van der Waals surface area contributed by atoms with Gasteiger partial charge in [-0.15, -0.1) is 0 Å². The number of nitrogens with one attached hydrogen (secondary N) is 1. The van der Waals surface area contributed by atoms with Gasteiger partial charge in [0.15, 0.2) is 0 Å². The van der Waals surface area contributed by atoms with Crippen molar-refractivity contribution in [2.75, 3.05) is 6.61 Å². The van der Waals surface area contributed by atoms with Crippen LogP contribution in [0.4, 0.5) is 13.6 Å². The van der Waals surface area contributed by atoms with Crippen LogP contribution in [-0.2, 0) is 4.74 Å². The summed E-state index contributed by atoms with van der Waals surface area (Å²) in [6.45, 7) is 4.15. The van der Waals surface area contributed by atoms with E-state index in [9.17, 15) is 18.7 Å². The van der Waals surface area contributed by atoms with Gasteiger partial charge in [-0.3, -0.25) is 0 Å². The average Bonchev–Trinajstić information content (AvgIpc) is 2.11. The first-order valence-corrected chi connectivity index (χ1v) is 5.22. The van der Waals surface area contributed by atoms with Crippen molar-refractivity contribution < 1.29 is 28.5 Å². The Hall–Kier alpha value is -0.950. The van der Waals surface area contributed by atoms with Crippen LogP contribution in [0, 0.1) is 0 Å². The quantitative estimate of drug-likeness (QED) is 0.681. The summed E-state index contributed by atoms with van der Waals surface area (Å²) in [6, 6.07) is -1.24. The van der Waals surface area contributed by atoms with Crippen molar-refractivity contribution in [1.82, 2.24) is 5.32 Å². The lowest BCUT2D eigenvalue weighted by Crippen LogP contribution is -2.47. The van der Waals surface area contributed by atoms with E-state index in [-0.39, 0.29) is 0 Å². The van der Waals surface area contributed by atoms with Gasteiger partial charge in [-0.25, -0.2) is 13.6 Å². The minimum Gasteiger partial charge on any atom is -0.444 e. The number of alkyl carbamates (subject to hydrolysis) is 1. The molecule has 0 aliphatic rings. The Bertz CT molecular complexity index is 243. The lowest BCUT2D eigenvalue weighted by atomic mass is 10.1. The van der Waals surface area contributed by atoms with Crippen LogP contribution in [0.3, 0.4) is 0 Å². The Morgan fingerprint density at radius 2 is 1.94 bits per heavy atom. The van der Waals surface area contributed by atoms with Crippen molar-refractivity contribution in [1.29, 1.82) is 0 Å². The summed E-state index contributed by atoms with van der Waals surface area (Å²) < 4.78 is 29.2. The topological polar surface area (TPSA) is 78.8 Å². The molecule has 0 saturated heterocycles. The van der Waals surface area contributed by atoms with Crippen LogP contribution in [0.5, 0.6) is 0 Å². The smallest absolute Gasteiger partial charge is 0.407 e. The number of hydrogen-bond donors (Lipinski definition) is 3. The summed E-state index contributed by atoms with van der Waals surface area (Å²) in [5, 5.41) is 20.0. The number of ether oxygens (including phenoxy) is 1. The Morgan fingerprint density at radius 1 is 1.41 bits per heavy atom. The molecule has 3 N–H and O–H groups in total. The summed E-state index contributed by atoms with van der Waals surface area (Å²) in [5.41, 5.74) is -0.760. The number of amides is 1. The molecule has 0 rings (SSSR count). The van der Waals surface area contributed by atoms with Gasteiger partial charge in [-0.1, -0.05) is 0 Å². The van der Waals surface area contributed by atoms with Gasteiger partial charge in [0, 0.05) is 6.42 Å². The van der Waals surface area contributed by atoms with E-state index >= 15 is 0 Å². The molecular weight excluding hydrogens is 236 g/mol.